The first-order chi connectivity index (χ1) is 10.1. The van der Waals surface area contributed by atoms with E-state index in [2.05, 4.69) is 52.9 Å². The highest BCUT2D eigenvalue weighted by molar-refractivity contribution is 5.79. The lowest BCUT2D eigenvalue weighted by Gasteiger charge is -2.37. The van der Waals surface area contributed by atoms with E-state index in [4.69, 9.17) is 0 Å². The number of benzene rings is 1. The second-order valence-corrected chi connectivity index (χ2v) is 6.40. The van der Waals surface area contributed by atoms with Gasteiger partial charge in [0.05, 0.1) is 5.92 Å². The fourth-order valence-corrected chi connectivity index (χ4v) is 3.34. The van der Waals surface area contributed by atoms with Crippen LogP contribution < -0.4 is 4.90 Å². The van der Waals surface area contributed by atoms with E-state index in [1.165, 1.54) is 11.3 Å². The number of hydrogen-bond donors (Lipinski definition) is 0. The van der Waals surface area contributed by atoms with Crippen LogP contribution in [0.25, 0.3) is 0 Å². The molecule has 2 saturated heterocycles. The highest BCUT2D eigenvalue weighted by Gasteiger charge is 2.31. The van der Waals surface area contributed by atoms with Gasteiger partial charge in [-0.25, -0.2) is 0 Å². The van der Waals surface area contributed by atoms with Crippen LogP contribution in [0, 0.1) is 12.8 Å². The SMILES string of the molecule is Cc1ccc(N2CCN(C(=O)C3CCN(C)C3)CC2)cc1. The van der Waals surface area contributed by atoms with Crippen LogP contribution in [0.4, 0.5) is 5.69 Å². The summed E-state index contributed by atoms with van der Waals surface area (Å²) in [7, 11) is 2.10. The van der Waals surface area contributed by atoms with Crippen molar-refractivity contribution in [2.75, 3.05) is 51.2 Å². The number of likely N-dealkylation sites (tertiary alicyclic amines) is 1. The zero-order valence-electron chi connectivity index (χ0n) is 13.1. The lowest BCUT2D eigenvalue weighted by Crippen LogP contribution is -2.50. The largest absolute Gasteiger partial charge is 0.368 e. The first-order valence-electron chi connectivity index (χ1n) is 7.92. The topological polar surface area (TPSA) is 26.8 Å². The summed E-state index contributed by atoms with van der Waals surface area (Å²) in [4.78, 5) is 19.2. The summed E-state index contributed by atoms with van der Waals surface area (Å²) >= 11 is 0. The van der Waals surface area contributed by atoms with Crippen molar-refractivity contribution in [1.29, 1.82) is 0 Å². The van der Waals surface area contributed by atoms with E-state index in [0.717, 1.165) is 45.7 Å². The zero-order chi connectivity index (χ0) is 14.8. The summed E-state index contributed by atoms with van der Waals surface area (Å²) < 4.78 is 0. The molecular formula is C17H25N3O. The number of aryl methyl sites for hydroxylation is 1. The molecule has 1 aromatic rings. The Morgan fingerprint density at radius 2 is 1.71 bits per heavy atom. The van der Waals surface area contributed by atoms with Crippen LogP contribution in [0.3, 0.4) is 0 Å². The molecule has 3 rings (SSSR count). The van der Waals surface area contributed by atoms with Crippen molar-refractivity contribution in [3.05, 3.63) is 29.8 Å². The molecule has 1 atom stereocenters. The minimum atomic E-state index is 0.223. The molecule has 4 heteroatoms. The Balaban J connectivity index is 1.55. The normalized spacial score (nSPS) is 23.6. The van der Waals surface area contributed by atoms with E-state index in [-0.39, 0.29) is 5.92 Å². The lowest BCUT2D eigenvalue weighted by molar-refractivity contribution is -0.135. The summed E-state index contributed by atoms with van der Waals surface area (Å²) in [6, 6.07) is 8.67. The molecule has 0 spiro atoms. The molecule has 4 nitrogen and oxygen atoms in total. The Bertz CT molecular complexity index is 491. The maximum absolute atomic E-state index is 12.5. The molecule has 2 fully saturated rings. The standard InChI is InChI=1S/C17H25N3O/c1-14-3-5-16(6-4-14)19-9-11-20(12-10-19)17(21)15-7-8-18(2)13-15/h3-6,15H,7-13H2,1-2H3. The number of nitrogens with zero attached hydrogens (tertiary/aromatic N) is 3. The minimum absolute atomic E-state index is 0.223. The Hall–Kier alpha value is -1.55. The van der Waals surface area contributed by atoms with Crippen molar-refractivity contribution in [3.63, 3.8) is 0 Å². The predicted octanol–water partition coefficient (Wildman–Crippen LogP) is 1.60. The number of anilines is 1. The Morgan fingerprint density at radius 1 is 1.05 bits per heavy atom. The van der Waals surface area contributed by atoms with Crippen molar-refractivity contribution in [2.24, 2.45) is 5.92 Å². The van der Waals surface area contributed by atoms with Crippen LogP contribution in [0.5, 0.6) is 0 Å². The molecule has 2 heterocycles. The van der Waals surface area contributed by atoms with Gasteiger partial charge in [-0.2, -0.15) is 0 Å². The third-order valence-corrected chi connectivity index (χ3v) is 4.73. The van der Waals surface area contributed by atoms with Gasteiger partial charge in [0.15, 0.2) is 0 Å². The first kappa shape index (κ1) is 14.4. The predicted molar refractivity (Wildman–Crippen MR) is 85.6 cm³/mol. The van der Waals surface area contributed by atoms with Gasteiger partial charge in [0.25, 0.3) is 0 Å². The molecule has 0 radical (unpaired) electrons. The Morgan fingerprint density at radius 3 is 2.29 bits per heavy atom. The molecule has 114 valence electrons. The molecule has 0 aliphatic carbocycles. The van der Waals surface area contributed by atoms with Crippen molar-refractivity contribution in [2.45, 2.75) is 13.3 Å². The molecule has 0 saturated carbocycles. The van der Waals surface area contributed by atoms with Gasteiger partial charge in [-0.15, -0.1) is 0 Å². The molecule has 0 aromatic heterocycles. The van der Waals surface area contributed by atoms with E-state index in [1.54, 1.807) is 0 Å². The average molecular weight is 287 g/mol. The summed E-state index contributed by atoms with van der Waals surface area (Å²) in [6.45, 7) is 7.68. The molecule has 0 bridgehead atoms. The van der Waals surface area contributed by atoms with Gasteiger partial charge < -0.3 is 14.7 Å². The molecular weight excluding hydrogens is 262 g/mol. The van der Waals surface area contributed by atoms with E-state index in [0.29, 0.717) is 5.91 Å². The fraction of sp³-hybridized carbons (Fsp3) is 0.588. The third kappa shape index (κ3) is 3.21. The van der Waals surface area contributed by atoms with Crippen LogP contribution in [-0.2, 0) is 4.79 Å². The lowest BCUT2D eigenvalue weighted by atomic mass is 10.1. The molecule has 1 unspecified atom stereocenters. The number of hydrogen-bond acceptors (Lipinski definition) is 3. The number of amides is 1. The maximum atomic E-state index is 12.5. The van der Waals surface area contributed by atoms with E-state index in [9.17, 15) is 4.79 Å². The molecule has 1 aromatic carbocycles. The number of rotatable bonds is 2. The quantitative estimate of drug-likeness (QED) is 0.826. The summed E-state index contributed by atoms with van der Waals surface area (Å²) in [5.41, 5.74) is 2.56. The van der Waals surface area contributed by atoms with E-state index >= 15 is 0 Å². The molecule has 0 N–H and O–H groups in total. The summed E-state index contributed by atoms with van der Waals surface area (Å²) in [5, 5.41) is 0. The monoisotopic (exact) mass is 287 g/mol. The number of carbonyl (C=O) groups excluding carboxylic acids is 1. The summed E-state index contributed by atoms with van der Waals surface area (Å²) in [6.07, 6.45) is 1.02. The Kier molecular flexibility index (Phi) is 4.15. The van der Waals surface area contributed by atoms with Gasteiger partial charge in [-0.05, 0) is 39.1 Å². The van der Waals surface area contributed by atoms with Crippen LogP contribution in [0.1, 0.15) is 12.0 Å². The second kappa shape index (κ2) is 6.06. The van der Waals surface area contributed by atoms with Gasteiger partial charge in [0.1, 0.15) is 0 Å². The average Bonchev–Trinajstić information content (AvgIpc) is 2.94. The number of carbonyl (C=O) groups is 1. The second-order valence-electron chi connectivity index (χ2n) is 6.40. The number of piperazine rings is 1. The summed E-state index contributed by atoms with van der Waals surface area (Å²) in [5.74, 6) is 0.587. The zero-order valence-corrected chi connectivity index (χ0v) is 13.1. The fourth-order valence-electron chi connectivity index (χ4n) is 3.34. The van der Waals surface area contributed by atoms with Crippen LogP contribution in [0.2, 0.25) is 0 Å². The van der Waals surface area contributed by atoms with Crippen molar-refractivity contribution < 1.29 is 4.79 Å². The maximum Gasteiger partial charge on any atom is 0.227 e. The van der Waals surface area contributed by atoms with Gasteiger partial charge in [-0.1, -0.05) is 17.7 Å². The van der Waals surface area contributed by atoms with Crippen LogP contribution in [-0.4, -0.2) is 62.0 Å². The molecule has 21 heavy (non-hydrogen) atoms. The third-order valence-electron chi connectivity index (χ3n) is 4.73. The highest BCUT2D eigenvalue weighted by Crippen LogP contribution is 2.21. The van der Waals surface area contributed by atoms with E-state index in [1.807, 2.05) is 0 Å². The Labute approximate surface area is 127 Å². The van der Waals surface area contributed by atoms with Gasteiger partial charge in [-0.3, -0.25) is 4.79 Å². The van der Waals surface area contributed by atoms with Crippen molar-refractivity contribution in [1.82, 2.24) is 9.80 Å². The van der Waals surface area contributed by atoms with Crippen LogP contribution in [0.15, 0.2) is 24.3 Å². The molecule has 2 aliphatic heterocycles. The van der Waals surface area contributed by atoms with Crippen molar-refractivity contribution in [3.8, 4) is 0 Å². The smallest absolute Gasteiger partial charge is 0.227 e. The minimum Gasteiger partial charge on any atom is -0.368 e. The van der Waals surface area contributed by atoms with Crippen LogP contribution >= 0.6 is 0 Å². The highest BCUT2D eigenvalue weighted by atomic mass is 16.2. The molecule has 1 amide bonds. The molecule has 2 aliphatic rings. The van der Waals surface area contributed by atoms with Crippen molar-refractivity contribution >= 4 is 11.6 Å². The van der Waals surface area contributed by atoms with Gasteiger partial charge in [0.2, 0.25) is 5.91 Å². The van der Waals surface area contributed by atoms with Gasteiger partial charge in [0, 0.05) is 38.4 Å². The first-order valence-corrected chi connectivity index (χ1v) is 7.92. The van der Waals surface area contributed by atoms with E-state index < -0.39 is 0 Å². The van der Waals surface area contributed by atoms with Gasteiger partial charge >= 0.3 is 0 Å².